The first kappa shape index (κ1) is 21.3. The highest BCUT2D eigenvalue weighted by atomic mass is 16.5. The average molecular weight is 380 g/mol. The predicted molar refractivity (Wildman–Crippen MR) is 113 cm³/mol. The summed E-state index contributed by atoms with van der Waals surface area (Å²) in [7, 11) is 0. The van der Waals surface area contributed by atoms with E-state index in [1.165, 1.54) is 0 Å². The predicted octanol–water partition coefficient (Wildman–Crippen LogP) is 5.72. The molecule has 0 fully saturated rings. The van der Waals surface area contributed by atoms with Gasteiger partial charge in [0.25, 0.3) is 0 Å². The van der Waals surface area contributed by atoms with Crippen molar-refractivity contribution in [3.05, 3.63) is 72.3 Å². The van der Waals surface area contributed by atoms with Crippen LogP contribution < -0.4 is 14.2 Å². The molecule has 0 unspecified atom stereocenters. The van der Waals surface area contributed by atoms with Gasteiger partial charge in [0.15, 0.2) is 17.3 Å². The summed E-state index contributed by atoms with van der Waals surface area (Å²) in [6.07, 6.45) is 5.08. The molecule has 148 valence electrons. The van der Waals surface area contributed by atoms with Crippen LogP contribution in [0.15, 0.2) is 61.2 Å². The van der Waals surface area contributed by atoms with Crippen LogP contribution in [-0.4, -0.2) is 24.6 Å². The van der Waals surface area contributed by atoms with Gasteiger partial charge in [0.05, 0.1) is 12.2 Å². The van der Waals surface area contributed by atoms with E-state index in [0.717, 1.165) is 5.56 Å². The number of benzene rings is 2. The molecule has 0 amide bonds. The quantitative estimate of drug-likeness (QED) is 0.300. The van der Waals surface area contributed by atoms with Crippen molar-refractivity contribution in [2.45, 2.75) is 39.9 Å². The van der Waals surface area contributed by atoms with Crippen molar-refractivity contribution < 1.29 is 19.0 Å². The van der Waals surface area contributed by atoms with Crippen LogP contribution in [0.1, 0.15) is 43.6 Å². The van der Waals surface area contributed by atoms with Crippen molar-refractivity contribution in [1.82, 2.24) is 0 Å². The Hall–Kier alpha value is -3.01. The molecule has 0 aliphatic heterocycles. The van der Waals surface area contributed by atoms with Crippen molar-refractivity contribution in [2.24, 2.45) is 0 Å². The van der Waals surface area contributed by atoms with E-state index in [-0.39, 0.29) is 18.0 Å². The van der Waals surface area contributed by atoms with E-state index in [9.17, 15) is 4.79 Å². The molecule has 0 saturated carbocycles. The normalized spacial score (nSPS) is 11.1. The first-order valence-corrected chi connectivity index (χ1v) is 9.42. The Morgan fingerprint density at radius 3 is 2.21 bits per heavy atom. The number of hydrogen-bond acceptors (Lipinski definition) is 4. The molecular formula is C24H28O4. The molecule has 2 rings (SSSR count). The van der Waals surface area contributed by atoms with Gasteiger partial charge in [0, 0.05) is 5.56 Å². The van der Waals surface area contributed by atoms with Gasteiger partial charge in [-0.3, -0.25) is 4.79 Å². The first-order valence-electron chi connectivity index (χ1n) is 9.42. The molecule has 4 nitrogen and oxygen atoms in total. The molecule has 0 atom stereocenters. The lowest BCUT2D eigenvalue weighted by molar-refractivity contribution is 0.104. The van der Waals surface area contributed by atoms with Gasteiger partial charge in [-0.15, -0.1) is 0 Å². The molecule has 0 aliphatic rings. The van der Waals surface area contributed by atoms with Crippen LogP contribution in [0.4, 0.5) is 0 Å². The lowest BCUT2D eigenvalue weighted by Crippen LogP contribution is -2.10. The third-order valence-corrected chi connectivity index (χ3v) is 3.63. The van der Waals surface area contributed by atoms with Gasteiger partial charge in [0.2, 0.25) is 0 Å². The summed E-state index contributed by atoms with van der Waals surface area (Å²) >= 11 is 0. The second-order valence-corrected chi connectivity index (χ2v) is 6.86. The highest BCUT2D eigenvalue weighted by Crippen LogP contribution is 2.30. The zero-order valence-electron chi connectivity index (χ0n) is 17.0. The van der Waals surface area contributed by atoms with Crippen molar-refractivity contribution >= 4 is 11.9 Å². The van der Waals surface area contributed by atoms with Gasteiger partial charge in [-0.1, -0.05) is 24.8 Å². The number of allylic oxidation sites excluding steroid dienone is 1. The van der Waals surface area contributed by atoms with Crippen LogP contribution in [0.2, 0.25) is 0 Å². The zero-order valence-corrected chi connectivity index (χ0v) is 17.0. The first-order chi connectivity index (χ1) is 13.4. The van der Waals surface area contributed by atoms with Crippen LogP contribution in [0.25, 0.3) is 6.08 Å². The van der Waals surface area contributed by atoms with Gasteiger partial charge >= 0.3 is 0 Å². The molecule has 0 spiro atoms. The summed E-state index contributed by atoms with van der Waals surface area (Å²) in [4.78, 5) is 12.4. The lowest BCUT2D eigenvalue weighted by Gasteiger charge is -2.17. The summed E-state index contributed by atoms with van der Waals surface area (Å²) in [5, 5.41) is 0. The third kappa shape index (κ3) is 6.62. The zero-order chi connectivity index (χ0) is 20.5. The summed E-state index contributed by atoms with van der Waals surface area (Å²) in [5.74, 6) is 1.99. The highest BCUT2D eigenvalue weighted by molar-refractivity contribution is 6.06. The monoisotopic (exact) mass is 380 g/mol. The number of ether oxygens (including phenoxy) is 3. The molecule has 0 bridgehead atoms. The minimum Gasteiger partial charge on any atom is -0.490 e. The Morgan fingerprint density at radius 2 is 1.61 bits per heavy atom. The van der Waals surface area contributed by atoms with Gasteiger partial charge in [-0.25, -0.2) is 0 Å². The summed E-state index contributed by atoms with van der Waals surface area (Å²) in [6.45, 7) is 11.9. The minimum absolute atomic E-state index is 0.0252. The van der Waals surface area contributed by atoms with Gasteiger partial charge in [-0.05, 0) is 75.7 Å². The molecule has 4 heteroatoms. The fourth-order valence-electron chi connectivity index (χ4n) is 2.46. The van der Waals surface area contributed by atoms with Crippen molar-refractivity contribution in [2.75, 3.05) is 6.61 Å². The third-order valence-electron chi connectivity index (χ3n) is 3.63. The maximum atomic E-state index is 12.4. The Morgan fingerprint density at radius 1 is 0.964 bits per heavy atom. The summed E-state index contributed by atoms with van der Waals surface area (Å²) < 4.78 is 17.1. The van der Waals surface area contributed by atoms with Crippen LogP contribution >= 0.6 is 0 Å². The number of ketones is 1. The van der Waals surface area contributed by atoms with E-state index >= 15 is 0 Å². The molecule has 0 N–H and O–H groups in total. The summed E-state index contributed by atoms with van der Waals surface area (Å²) in [5.41, 5.74) is 1.46. The van der Waals surface area contributed by atoms with Crippen molar-refractivity contribution in [3.63, 3.8) is 0 Å². The highest BCUT2D eigenvalue weighted by Gasteiger charge is 2.10. The standard InChI is InChI=1S/C24H28O4/c1-6-15-26-21-11-9-20(10-12-21)22(25)13-7-19-8-14-23(27-17(2)3)24(16-19)28-18(4)5/h6-14,16-18H,1,15H2,2-5H3/b13-7+. The van der Waals surface area contributed by atoms with E-state index in [1.54, 1.807) is 42.5 Å². The Kier molecular flexibility index (Phi) is 7.88. The molecule has 0 heterocycles. The Balaban J connectivity index is 2.13. The Labute approximate surface area is 167 Å². The second-order valence-electron chi connectivity index (χ2n) is 6.86. The van der Waals surface area contributed by atoms with E-state index in [4.69, 9.17) is 14.2 Å². The molecule has 0 aliphatic carbocycles. The van der Waals surface area contributed by atoms with E-state index in [2.05, 4.69) is 6.58 Å². The van der Waals surface area contributed by atoms with E-state index < -0.39 is 0 Å². The van der Waals surface area contributed by atoms with Crippen LogP contribution in [0, 0.1) is 0 Å². The fraction of sp³-hybridized carbons (Fsp3) is 0.292. The lowest BCUT2D eigenvalue weighted by atomic mass is 10.1. The number of carbonyl (C=O) groups is 1. The maximum Gasteiger partial charge on any atom is 0.185 e. The number of carbonyl (C=O) groups excluding carboxylic acids is 1. The van der Waals surface area contributed by atoms with E-state index in [1.807, 2.05) is 45.9 Å². The number of hydrogen-bond donors (Lipinski definition) is 0. The largest absolute Gasteiger partial charge is 0.490 e. The van der Waals surface area contributed by atoms with Crippen LogP contribution in [0.3, 0.4) is 0 Å². The Bertz CT molecular complexity index is 817. The number of rotatable bonds is 10. The van der Waals surface area contributed by atoms with Gasteiger partial charge in [0.1, 0.15) is 12.4 Å². The molecule has 2 aromatic rings. The maximum absolute atomic E-state index is 12.4. The topological polar surface area (TPSA) is 44.8 Å². The summed E-state index contributed by atoms with van der Waals surface area (Å²) in [6, 6.07) is 12.7. The minimum atomic E-state index is -0.0795. The SMILES string of the molecule is C=CCOc1ccc(C(=O)/C=C/c2ccc(OC(C)C)c(OC(C)C)c2)cc1. The van der Waals surface area contributed by atoms with Crippen molar-refractivity contribution in [1.29, 1.82) is 0 Å². The molecule has 0 aromatic heterocycles. The van der Waals surface area contributed by atoms with Crippen molar-refractivity contribution in [3.8, 4) is 17.2 Å². The molecule has 2 aromatic carbocycles. The van der Waals surface area contributed by atoms with Gasteiger partial charge in [-0.2, -0.15) is 0 Å². The van der Waals surface area contributed by atoms with Crippen LogP contribution in [0.5, 0.6) is 17.2 Å². The van der Waals surface area contributed by atoms with E-state index in [0.29, 0.717) is 29.4 Å². The average Bonchev–Trinajstić information content (AvgIpc) is 2.66. The molecule has 0 saturated heterocycles. The fourth-order valence-corrected chi connectivity index (χ4v) is 2.46. The molecule has 0 radical (unpaired) electrons. The smallest absolute Gasteiger partial charge is 0.185 e. The molecular weight excluding hydrogens is 352 g/mol. The molecule has 28 heavy (non-hydrogen) atoms. The van der Waals surface area contributed by atoms with Gasteiger partial charge < -0.3 is 14.2 Å². The second kappa shape index (κ2) is 10.4. The van der Waals surface area contributed by atoms with Crippen LogP contribution in [-0.2, 0) is 0 Å².